The molecule has 0 saturated carbocycles. The maximum Gasteiger partial charge on any atom is 0.387 e. The van der Waals surface area contributed by atoms with Gasteiger partial charge in [0.05, 0.1) is 0 Å². The number of alkyl halides is 2. The normalized spacial score (nSPS) is 12.7. The van der Waals surface area contributed by atoms with Crippen LogP contribution in [0.5, 0.6) is 5.75 Å². The Bertz CT molecular complexity index is 548. The van der Waals surface area contributed by atoms with Gasteiger partial charge in [0.1, 0.15) is 5.75 Å². The van der Waals surface area contributed by atoms with E-state index in [1.807, 2.05) is 24.4 Å². The molecule has 0 spiro atoms. The summed E-state index contributed by atoms with van der Waals surface area (Å²) in [5, 5.41) is 5.76. The molecule has 1 atom stereocenters. The van der Waals surface area contributed by atoms with Crippen molar-refractivity contribution < 1.29 is 13.5 Å². The Morgan fingerprint density at radius 1 is 1.35 bits per heavy atom. The summed E-state index contributed by atoms with van der Waals surface area (Å²) in [6, 6.07) is 8.76. The number of hydrogen-bond donors (Lipinski definition) is 1. The van der Waals surface area contributed by atoms with Gasteiger partial charge in [-0.15, -0.1) is 11.3 Å². The molecule has 1 unspecified atom stereocenters. The summed E-state index contributed by atoms with van der Waals surface area (Å²) in [4.78, 5) is 1.18. The summed E-state index contributed by atoms with van der Waals surface area (Å²) in [6.07, 6.45) is 0. The topological polar surface area (TPSA) is 21.3 Å². The zero-order chi connectivity index (χ0) is 14.5. The summed E-state index contributed by atoms with van der Waals surface area (Å²) in [5.41, 5.74) is 0.612. The number of halogens is 3. The van der Waals surface area contributed by atoms with E-state index in [-0.39, 0.29) is 11.8 Å². The lowest BCUT2D eigenvalue weighted by atomic mass is 10.2. The van der Waals surface area contributed by atoms with Gasteiger partial charge in [-0.1, -0.05) is 17.7 Å². The SMILES string of the molecule is CC(NCc1cc(Cl)ccc1OC(F)F)c1cccs1. The van der Waals surface area contributed by atoms with Gasteiger partial charge < -0.3 is 10.1 Å². The van der Waals surface area contributed by atoms with Crippen LogP contribution in [0.3, 0.4) is 0 Å². The van der Waals surface area contributed by atoms with E-state index in [2.05, 4.69) is 10.1 Å². The molecule has 0 bridgehead atoms. The maximum atomic E-state index is 12.3. The Hall–Kier alpha value is -1.17. The molecule has 20 heavy (non-hydrogen) atoms. The fraction of sp³-hybridized carbons (Fsp3) is 0.286. The first-order valence-electron chi connectivity index (χ1n) is 6.06. The Morgan fingerprint density at radius 3 is 2.80 bits per heavy atom. The second-order valence-corrected chi connectivity index (χ2v) is 5.66. The summed E-state index contributed by atoms with van der Waals surface area (Å²) in [6.45, 7) is -0.421. The Morgan fingerprint density at radius 2 is 2.15 bits per heavy atom. The van der Waals surface area contributed by atoms with E-state index in [9.17, 15) is 8.78 Å². The lowest BCUT2D eigenvalue weighted by molar-refractivity contribution is -0.0505. The van der Waals surface area contributed by atoms with E-state index in [4.69, 9.17) is 11.6 Å². The van der Waals surface area contributed by atoms with E-state index in [1.54, 1.807) is 17.4 Å². The molecule has 0 aliphatic carbocycles. The van der Waals surface area contributed by atoms with Gasteiger partial charge in [-0.3, -0.25) is 0 Å². The highest BCUT2D eigenvalue weighted by atomic mass is 35.5. The van der Waals surface area contributed by atoms with Crippen LogP contribution in [0.2, 0.25) is 5.02 Å². The molecule has 2 rings (SSSR count). The van der Waals surface area contributed by atoms with Crippen molar-refractivity contribution in [2.24, 2.45) is 0 Å². The molecule has 1 N–H and O–H groups in total. The van der Waals surface area contributed by atoms with Crippen LogP contribution < -0.4 is 10.1 Å². The van der Waals surface area contributed by atoms with Crippen molar-refractivity contribution in [1.29, 1.82) is 0 Å². The second-order valence-electron chi connectivity index (χ2n) is 4.25. The molecule has 0 radical (unpaired) electrons. The average molecular weight is 318 g/mol. The van der Waals surface area contributed by atoms with Crippen molar-refractivity contribution >= 4 is 22.9 Å². The van der Waals surface area contributed by atoms with Gasteiger partial charge in [0.15, 0.2) is 0 Å². The lowest BCUT2D eigenvalue weighted by Crippen LogP contribution is -2.18. The summed E-state index contributed by atoms with van der Waals surface area (Å²) in [7, 11) is 0. The highest BCUT2D eigenvalue weighted by Gasteiger charge is 2.12. The quantitative estimate of drug-likeness (QED) is 0.822. The number of nitrogens with one attached hydrogen (secondary N) is 1. The molecule has 2 aromatic rings. The van der Waals surface area contributed by atoms with Crippen LogP contribution >= 0.6 is 22.9 Å². The first-order chi connectivity index (χ1) is 9.56. The maximum absolute atomic E-state index is 12.3. The Kier molecular flexibility index (Phi) is 5.34. The van der Waals surface area contributed by atoms with Gasteiger partial charge in [-0.2, -0.15) is 8.78 Å². The Balaban J connectivity index is 2.06. The van der Waals surface area contributed by atoms with E-state index in [1.165, 1.54) is 17.0 Å². The van der Waals surface area contributed by atoms with Crippen molar-refractivity contribution in [3.63, 3.8) is 0 Å². The zero-order valence-electron chi connectivity index (χ0n) is 10.8. The van der Waals surface area contributed by atoms with Gasteiger partial charge in [-0.05, 0) is 36.6 Å². The predicted octanol–water partition coefficient (Wildman–Crippen LogP) is 4.85. The van der Waals surface area contributed by atoms with Crippen LogP contribution in [0.25, 0.3) is 0 Å². The number of benzene rings is 1. The van der Waals surface area contributed by atoms with Crippen molar-refractivity contribution in [3.8, 4) is 5.75 Å². The molecule has 0 saturated heterocycles. The molecular formula is C14H14ClF2NOS. The minimum atomic E-state index is -2.84. The molecule has 1 aromatic carbocycles. The molecule has 0 amide bonds. The predicted molar refractivity (Wildman–Crippen MR) is 77.7 cm³/mol. The van der Waals surface area contributed by atoms with Gasteiger partial charge in [0.25, 0.3) is 0 Å². The van der Waals surface area contributed by atoms with E-state index >= 15 is 0 Å². The fourth-order valence-electron chi connectivity index (χ4n) is 1.80. The highest BCUT2D eigenvalue weighted by Crippen LogP contribution is 2.26. The molecular weight excluding hydrogens is 304 g/mol. The fourth-order valence-corrected chi connectivity index (χ4v) is 2.75. The van der Waals surface area contributed by atoms with Crippen molar-refractivity contribution in [2.45, 2.75) is 26.1 Å². The van der Waals surface area contributed by atoms with E-state index in [0.717, 1.165) is 0 Å². The van der Waals surface area contributed by atoms with Crippen molar-refractivity contribution in [3.05, 3.63) is 51.2 Å². The second kappa shape index (κ2) is 7.02. The number of hydrogen-bond acceptors (Lipinski definition) is 3. The third-order valence-corrected chi connectivity index (χ3v) is 4.10. The van der Waals surface area contributed by atoms with E-state index in [0.29, 0.717) is 17.1 Å². The third-order valence-electron chi connectivity index (χ3n) is 2.81. The van der Waals surface area contributed by atoms with Crippen LogP contribution in [-0.4, -0.2) is 6.61 Å². The van der Waals surface area contributed by atoms with Gasteiger partial charge in [0, 0.05) is 28.0 Å². The number of thiophene rings is 1. The van der Waals surface area contributed by atoms with Crippen molar-refractivity contribution in [2.75, 3.05) is 0 Å². The minimum Gasteiger partial charge on any atom is -0.434 e. The first kappa shape index (κ1) is 15.2. The first-order valence-corrected chi connectivity index (χ1v) is 7.32. The monoisotopic (exact) mass is 317 g/mol. The third kappa shape index (κ3) is 4.16. The summed E-state index contributed by atoms with van der Waals surface area (Å²) < 4.78 is 29.2. The van der Waals surface area contributed by atoms with E-state index < -0.39 is 6.61 Å². The van der Waals surface area contributed by atoms with Crippen molar-refractivity contribution in [1.82, 2.24) is 5.32 Å². The van der Waals surface area contributed by atoms with Crippen LogP contribution in [0.4, 0.5) is 8.78 Å². The smallest absolute Gasteiger partial charge is 0.387 e. The molecule has 0 fully saturated rings. The molecule has 1 heterocycles. The Labute approximate surface area is 125 Å². The molecule has 0 aliphatic rings. The highest BCUT2D eigenvalue weighted by molar-refractivity contribution is 7.10. The van der Waals surface area contributed by atoms with Gasteiger partial charge in [0.2, 0.25) is 0 Å². The van der Waals surface area contributed by atoms with Gasteiger partial charge in [-0.25, -0.2) is 0 Å². The summed E-state index contributed by atoms with van der Waals surface area (Å²) >= 11 is 7.54. The summed E-state index contributed by atoms with van der Waals surface area (Å²) in [5.74, 6) is 0.148. The number of ether oxygens (including phenoxy) is 1. The van der Waals surface area contributed by atoms with Crippen LogP contribution in [0.15, 0.2) is 35.7 Å². The zero-order valence-corrected chi connectivity index (χ0v) is 12.3. The standard InChI is InChI=1S/C14H14ClF2NOS/c1-9(13-3-2-6-20-13)18-8-10-7-11(15)4-5-12(10)19-14(16)17/h2-7,9,14,18H,8H2,1H3. The largest absolute Gasteiger partial charge is 0.434 e. The van der Waals surface area contributed by atoms with Gasteiger partial charge >= 0.3 is 6.61 Å². The van der Waals surface area contributed by atoms with Crippen LogP contribution in [-0.2, 0) is 6.54 Å². The molecule has 0 aliphatic heterocycles. The molecule has 2 nitrogen and oxygen atoms in total. The lowest BCUT2D eigenvalue weighted by Gasteiger charge is -2.15. The molecule has 6 heteroatoms. The average Bonchev–Trinajstić information content (AvgIpc) is 2.92. The number of rotatable bonds is 6. The van der Waals surface area contributed by atoms with Crippen LogP contribution in [0, 0.1) is 0 Å². The molecule has 1 aromatic heterocycles. The van der Waals surface area contributed by atoms with Crippen LogP contribution in [0.1, 0.15) is 23.4 Å². The minimum absolute atomic E-state index is 0.133. The molecule has 108 valence electrons.